The fraction of sp³-hybridized carbons (Fsp3) is 0.667. The second-order valence-electron chi connectivity index (χ2n) is 4.08. The second kappa shape index (κ2) is 7.33. The standard InChI is InChI=1S/C12H19ClO4/c1-5-12(4,8-13)17-10(14)6-7-16-11(15)9(2)3/h2,5-8H2,1,3-4H3. The molecule has 0 radical (unpaired) electrons. The van der Waals surface area contributed by atoms with Crippen molar-refractivity contribution in [2.24, 2.45) is 0 Å². The molecule has 0 rings (SSSR count). The van der Waals surface area contributed by atoms with Crippen LogP contribution in [0.2, 0.25) is 0 Å². The monoisotopic (exact) mass is 262 g/mol. The van der Waals surface area contributed by atoms with Crippen molar-refractivity contribution in [3.63, 3.8) is 0 Å². The molecule has 98 valence electrons. The van der Waals surface area contributed by atoms with Gasteiger partial charge in [-0.3, -0.25) is 4.79 Å². The van der Waals surface area contributed by atoms with Crippen LogP contribution >= 0.6 is 11.6 Å². The fourth-order valence-electron chi connectivity index (χ4n) is 0.870. The van der Waals surface area contributed by atoms with E-state index in [0.29, 0.717) is 12.0 Å². The van der Waals surface area contributed by atoms with Crippen LogP contribution in [0.5, 0.6) is 0 Å². The summed E-state index contributed by atoms with van der Waals surface area (Å²) in [6.45, 7) is 8.61. The predicted molar refractivity (Wildman–Crippen MR) is 65.9 cm³/mol. The van der Waals surface area contributed by atoms with Gasteiger partial charge in [0, 0.05) is 5.57 Å². The minimum absolute atomic E-state index is 0.00733. The number of carbonyl (C=O) groups is 2. The van der Waals surface area contributed by atoms with E-state index >= 15 is 0 Å². The van der Waals surface area contributed by atoms with E-state index in [9.17, 15) is 9.59 Å². The largest absolute Gasteiger partial charge is 0.462 e. The SMILES string of the molecule is C=C(C)C(=O)OCCC(=O)OC(C)(CC)CCl. The summed E-state index contributed by atoms with van der Waals surface area (Å²) in [5.74, 6) is -0.696. The van der Waals surface area contributed by atoms with E-state index in [2.05, 4.69) is 6.58 Å². The van der Waals surface area contributed by atoms with E-state index in [4.69, 9.17) is 21.1 Å². The highest BCUT2D eigenvalue weighted by molar-refractivity contribution is 6.18. The van der Waals surface area contributed by atoms with E-state index in [0.717, 1.165) is 0 Å². The van der Waals surface area contributed by atoms with Gasteiger partial charge in [-0.25, -0.2) is 4.79 Å². The molecule has 0 aromatic heterocycles. The van der Waals surface area contributed by atoms with Crippen LogP contribution in [0.3, 0.4) is 0 Å². The lowest BCUT2D eigenvalue weighted by molar-refractivity contribution is -0.158. The van der Waals surface area contributed by atoms with Crippen LogP contribution in [0.4, 0.5) is 0 Å². The molecule has 0 bridgehead atoms. The van der Waals surface area contributed by atoms with E-state index in [-0.39, 0.29) is 18.9 Å². The number of carbonyl (C=O) groups excluding carboxylic acids is 2. The highest BCUT2D eigenvalue weighted by Gasteiger charge is 2.25. The van der Waals surface area contributed by atoms with E-state index < -0.39 is 17.5 Å². The van der Waals surface area contributed by atoms with Crippen molar-refractivity contribution in [1.29, 1.82) is 0 Å². The van der Waals surface area contributed by atoms with Crippen LogP contribution < -0.4 is 0 Å². The van der Waals surface area contributed by atoms with Gasteiger partial charge in [0.1, 0.15) is 12.2 Å². The van der Waals surface area contributed by atoms with Gasteiger partial charge in [-0.1, -0.05) is 13.5 Å². The number of hydrogen-bond donors (Lipinski definition) is 0. The number of esters is 2. The van der Waals surface area contributed by atoms with Crippen molar-refractivity contribution < 1.29 is 19.1 Å². The summed E-state index contributed by atoms with van der Waals surface area (Å²) in [7, 11) is 0. The quantitative estimate of drug-likeness (QED) is 0.402. The first-order chi connectivity index (χ1) is 7.84. The van der Waals surface area contributed by atoms with Crippen molar-refractivity contribution in [3.05, 3.63) is 12.2 Å². The predicted octanol–water partition coefficient (Wildman–Crippen LogP) is 2.45. The van der Waals surface area contributed by atoms with Crippen LogP contribution in [0.25, 0.3) is 0 Å². The van der Waals surface area contributed by atoms with Gasteiger partial charge in [0.2, 0.25) is 0 Å². The van der Waals surface area contributed by atoms with Crippen LogP contribution in [0.15, 0.2) is 12.2 Å². The summed E-state index contributed by atoms with van der Waals surface area (Å²) in [6, 6.07) is 0. The van der Waals surface area contributed by atoms with E-state index in [1.165, 1.54) is 0 Å². The Kier molecular flexibility index (Phi) is 6.88. The van der Waals surface area contributed by atoms with Gasteiger partial charge in [-0.2, -0.15) is 0 Å². The molecular formula is C12H19ClO4. The Morgan fingerprint density at radius 1 is 1.41 bits per heavy atom. The van der Waals surface area contributed by atoms with Crippen molar-refractivity contribution in [3.8, 4) is 0 Å². The Labute approximate surface area is 107 Å². The minimum atomic E-state index is -0.656. The van der Waals surface area contributed by atoms with Gasteiger partial charge in [0.15, 0.2) is 0 Å². The maximum atomic E-state index is 11.4. The van der Waals surface area contributed by atoms with Crippen molar-refractivity contribution in [2.75, 3.05) is 12.5 Å². The summed E-state index contributed by atoms with van der Waals surface area (Å²) in [4.78, 5) is 22.5. The first-order valence-electron chi connectivity index (χ1n) is 5.45. The zero-order valence-electron chi connectivity index (χ0n) is 10.5. The molecule has 0 fully saturated rings. The average molecular weight is 263 g/mol. The molecule has 0 saturated heterocycles. The molecule has 0 amide bonds. The molecule has 0 spiro atoms. The molecule has 0 aliphatic carbocycles. The van der Waals surface area contributed by atoms with Gasteiger partial charge in [-0.05, 0) is 20.3 Å². The highest BCUT2D eigenvalue weighted by Crippen LogP contribution is 2.17. The molecule has 0 saturated carbocycles. The van der Waals surface area contributed by atoms with E-state index in [1.54, 1.807) is 13.8 Å². The van der Waals surface area contributed by atoms with Crippen LogP contribution in [-0.4, -0.2) is 30.0 Å². The maximum Gasteiger partial charge on any atom is 0.333 e. The van der Waals surface area contributed by atoms with Gasteiger partial charge in [-0.15, -0.1) is 11.6 Å². The Morgan fingerprint density at radius 3 is 2.41 bits per heavy atom. The Hall–Kier alpha value is -1.03. The Bertz CT molecular complexity index is 295. The normalized spacial score (nSPS) is 13.6. The number of hydrogen-bond acceptors (Lipinski definition) is 4. The summed E-state index contributed by atoms with van der Waals surface area (Å²) in [5.41, 5.74) is -0.352. The molecule has 0 heterocycles. The Balaban J connectivity index is 3.96. The van der Waals surface area contributed by atoms with Crippen LogP contribution in [0.1, 0.15) is 33.6 Å². The lowest BCUT2D eigenvalue weighted by atomic mass is 10.1. The lowest BCUT2D eigenvalue weighted by Crippen LogP contribution is -2.33. The maximum absolute atomic E-state index is 11.4. The molecule has 17 heavy (non-hydrogen) atoms. The zero-order valence-corrected chi connectivity index (χ0v) is 11.3. The van der Waals surface area contributed by atoms with Gasteiger partial charge >= 0.3 is 11.9 Å². The van der Waals surface area contributed by atoms with Crippen molar-refractivity contribution in [1.82, 2.24) is 0 Å². The van der Waals surface area contributed by atoms with Gasteiger partial charge in [0.05, 0.1) is 12.3 Å². The molecule has 0 aliphatic rings. The first kappa shape index (κ1) is 16.0. The summed E-state index contributed by atoms with van der Waals surface area (Å²) >= 11 is 5.70. The highest BCUT2D eigenvalue weighted by atomic mass is 35.5. The molecule has 0 aliphatic heterocycles. The minimum Gasteiger partial charge on any atom is -0.462 e. The smallest absolute Gasteiger partial charge is 0.333 e. The van der Waals surface area contributed by atoms with Gasteiger partial charge in [0.25, 0.3) is 0 Å². The third-order valence-electron chi connectivity index (χ3n) is 2.28. The lowest BCUT2D eigenvalue weighted by Gasteiger charge is -2.25. The van der Waals surface area contributed by atoms with E-state index in [1.807, 2.05) is 6.92 Å². The molecule has 1 atom stereocenters. The molecule has 0 aromatic rings. The fourth-order valence-corrected chi connectivity index (χ4v) is 1.11. The number of halogens is 1. The summed E-state index contributed by atoms with van der Waals surface area (Å²) in [6.07, 6.45) is 0.652. The average Bonchev–Trinajstić information content (AvgIpc) is 2.28. The van der Waals surface area contributed by atoms with Crippen LogP contribution in [-0.2, 0) is 19.1 Å². The Morgan fingerprint density at radius 2 is 2.00 bits per heavy atom. The molecule has 5 heteroatoms. The topological polar surface area (TPSA) is 52.6 Å². The van der Waals surface area contributed by atoms with Crippen molar-refractivity contribution >= 4 is 23.5 Å². The third-order valence-corrected chi connectivity index (χ3v) is 2.84. The second-order valence-corrected chi connectivity index (χ2v) is 4.34. The number of ether oxygens (including phenoxy) is 2. The van der Waals surface area contributed by atoms with Crippen LogP contribution in [0, 0.1) is 0 Å². The number of rotatable bonds is 7. The molecule has 0 N–H and O–H groups in total. The molecule has 0 aromatic carbocycles. The third kappa shape index (κ3) is 6.31. The van der Waals surface area contributed by atoms with Gasteiger partial charge < -0.3 is 9.47 Å². The first-order valence-corrected chi connectivity index (χ1v) is 5.98. The summed E-state index contributed by atoms with van der Waals surface area (Å²) in [5, 5.41) is 0. The number of alkyl halides is 1. The van der Waals surface area contributed by atoms with Crippen molar-refractivity contribution in [2.45, 2.75) is 39.2 Å². The zero-order chi connectivity index (χ0) is 13.5. The molecule has 1 unspecified atom stereocenters. The molecular weight excluding hydrogens is 244 g/mol. The molecule has 4 nitrogen and oxygen atoms in total. The summed E-state index contributed by atoms with van der Waals surface area (Å²) < 4.78 is 9.98.